The van der Waals surface area contributed by atoms with Gasteiger partial charge in [-0.1, -0.05) is 11.6 Å². The van der Waals surface area contributed by atoms with Crippen molar-refractivity contribution in [2.75, 3.05) is 23.8 Å². The first-order chi connectivity index (χ1) is 10.2. The highest BCUT2D eigenvalue weighted by atomic mass is 35.5. The van der Waals surface area contributed by atoms with E-state index in [-0.39, 0.29) is 11.1 Å². The average molecular weight is 309 g/mol. The predicted molar refractivity (Wildman–Crippen MR) is 79.6 cm³/mol. The molecule has 0 radical (unpaired) electrons. The molecule has 0 bridgehead atoms. The summed E-state index contributed by atoms with van der Waals surface area (Å²) >= 11 is 5.74. The summed E-state index contributed by atoms with van der Waals surface area (Å²) in [7, 11) is 0. The fourth-order valence-electron chi connectivity index (χ4n) is 2.06. The lowest BCUT2D eigenvalue weighted by Crippen LogP contribution is -2.19. The Bertz CT molecular complexity index is 634. The molecule has 1 fully saturated rings. The summed E-state index contributed by atoms with van der Waals surface area (Å²) in [6.45, 7) is 1.45. The molecule has 1 unspecified atom stereocenters. The van der Waals surface area contributed by atoms with Crippen LogP contribution in [0.1, 0.15) is 6.42 Å². The lowest BCUT2D eigenvalue weighted by molar-refractivity contribution is 0.195. The van der Waals surface area contributed by atoms with E-state index in [9.17, 15) is 4.39 Å². The van der Waals surface area contributed by atoms with Crippen molar-refractivity contribution in [2.45, 2.75) is 12.5 Å². The largest absolute Gasteiger partial charge is 0.379 e. The lowest BCUT2D eigenvalue weighted by Gasteiger charge is -2.12. The molecule has 21 heavy (non-hydrogen) atoms. The molecule has 3 rings (SSSR count). The van der Waals surface area contributed by atoms with Crippen LogP contribution in [0.25, 0.3) is 0 Å². The minimum absolute atomic E-state index is 0.0531. The molecule has 110 valence electrons. The van der Waals surface area contributed by atoms with Gasteiger partial charge in [-0.05, 0) is 30.7 Å². The zero-order valence-electron chi connectivity index (χ0n) is 11.1. The Balaban J connectivity index is 1.71. The van der Waals surface area contributed by atoms with Crippen LogP contribution in [-0.2, 0) is 4.74 Å². The van der Waals surface area contributed by atoms with E-state index in [1.165, 1.54) is 12.1 Å². The van der Waals surface area contributed by atoms with Gasteiger partial charge in [0.1, 0.15) is 11.6 Å². The van der Waals surface area contributed by atoms with E-state index in [0.29, 0.717) is 18.2 Å². The van der Waals surface area contributed by atoms with Crippen molar-refractivity contribution in [1.82, 2.24) is 9.97 Å². The van der Waals surface area contributed by atoms with E-state index in [4.69, 9.17) is 16.3 Å². The average Bonchev–Trinajstić information content (AvgIpc) is 2.96. The number of halogens is 2. The normalized spacial score (nSPS) is 17.7. The zero-order chi connectivity index (χ0) is 14.7. The molecule has 0 amide bonds. The van der Waals surface area contributed by atoms with Crippen molar-refractivity contribution in [3.05, 3.63) is 41.3 Å². The maximum Gasteiger partial charge on any atom is 0.229 e. The Morgan fingerprint density at radius 2 is 2.24 bits per heavy atom. The van der Waals surface area contributed by atoms with Gasteiger partial charge in [-0.2, -0.15) is 4.98 Å². The first kappa shape index (κ1) is 14.0. The molecule has 0 saturated carbocycles. The summed E-state index contributed by atoms with van der Waals surface area (Å²) in [6.07, 6.45) is 2.61. The van der Waals surface area contributed by atoms with Gasteiger partial charge >= 0.3 is 0 Å². The number of ether oxygens (including phenoxy) is 1. The highest BCUT2D eigenvalue weighted by Gasteiger charge is 2.15. The molecule has 7 heteroatoms. The van der Waals surface area contributed by atoms with E-state index in [1.807, 2.05) is 0 Å². The van der Waals surface area contributed by atoms with Crippen LogP contribution in [0.4, 0.5) is 21.8 Å². The van der Waals surface area contributed by atoms with Gasteiger partial charge < -0.3 is 15.4 Å². The molecule has 1 aliphatic rings. The quantitative estimate of drug-likeness (QED) is 0.908. The van der Waals surface area contributed by atoms with Crippen LogP contribution in [0.3, 0.4) is 0 Å². The number of anilines is 3. The van der Waals surface area contributed by atoms with Crippen LogP contribution < -0.4 is 10.6 Å². The molecular formula is C14H14ClFN4O. The summed E-state index contributed by atoms with van der Waals surface area (Å²) in [5.74, 6) is 0.678. The second-order valence-electron chi connectivity index (χ2n) is 4.72. The van der Waals surface area contributed by atoms with E-state index in [0.717, 1.165) is 18.8 Å². The Kier molecular flexibility index (Phi) is 4.17. The first-order valence-electron chi connectivity index (χ1n) is 6.60. The minimum Gasteiger partial charge on any atom is -0.379 e. The monoisotopic (exact) mass is 308 g/mol. The predicted octanol–water partition coefficient (Wildman–Crippen LogP) is 3.21. The SMILES string of the molecule is Fc1ccc(Nc2nccc(NC3CCOC3)n2)cc1Cl. The minimum atomic E-state index is -0.459. The maximum atomic E-state index is 13.1. The molecule has 2 aromatic rings. The van der Waals surface area contributed by atoms with Crippen molar-refractivity contribution < 1.29 is 9.13 Å². The fourth-order valence-corrected chi connectivity index (χ4v) is 2.24. The topological polar surface area (TPSA) is 59.1 Å². The molecule has 1 aromatic heterocycles. The zero-order valence-corrected chi connectivity index (χ0v) is 11.9. The van der Waals surface area contributed by atoms with Crippen molar-refractivity contribution in [3.63, 3.8) is 0 Å². The third-order valence-corrected chi connectivity index (χ3v) is 3.40. The van der Waals surface area contributed by atoms with Crippen molar-refractivity contribution >= 4 is 29.1 Å². The van der Waals surface area contributed by atoms with E-state index >= 15 is 0 Å². The highest BCUT2D eigenvalue weighted by Crippen LogP contribution is 2.22. The molecule has 1 aliphatic heterocycles. The van der Waals surface area contributed by atoms with Crippen LogP contribution >= 0.6 is 11.6 Å². The van der Waals surface area contributed by atoms with Gasteiger partial charge in [0.2, 0.25) is 5.95 Å². The van der Waals surface area contributed by atoms with Gasteiger partial charge in [0.15, 0.2) is 0 Å². The smallest absolute Gasteiger partial charge is 0.229 e. The van der Waals surface area contributed by atoms with Crippen molar-refractivity contribution in [3.8, 4) is 0 Å². The van der Waals surface area contributed by atoms with Gasteiger partial charge in [0.25, 0.3) is 0 Å². The third kappa shape index (κ3) is 3.59. The number of hydrogen-bond donors (Lipinski definition) is 2. The molecule has 0 spiro atoms. The van der Waals surface area contributed by atoms with Crippen LogP contribution in [0.2, 0.25) is 5.02 Å². The van der Waals surface area contributed by atoms with E-state index in [2.05, 4.69) is 20.6 Å². The number of nitrogens with zero attached hydrogens (tertiary/aromatic N) is 2. The van der Waals surface area contributed by atoms with Gasteiger partial charge in [-0.15, -0.1) is 0 Å². The molecule has 0 aliphatic carbocycles. The highest BCUT2D eigenvalue weighted by molar-refractivity contribution is 6.31. The summed E-state index contributed by atoms with van der Waals surface area (Å²) < 4.78 is 18.4. The maximum absolute atomic E-state index is 13.1. The summed E-state index contributed by atoms with van der Waals surface area (Å²) in [4.78, 5) is 8.49. The molecule has 5 nitrogen and oxygen atoms in total. The lowest BCUT2D eigenvalue weighted by atomic mass is 10.2. The third-order valence-electron chi connectivity index (χ3n) is 3.11. The summed E-state index contributed by atoms with van der Waals surface area (Å²) in [5.41, 5.74) is 0.628. The van der Waals surface area contributed by atoms with Crippen LogP contribution in [0.5, 0.6) is 0 Å². The van der Waals surface area contributed by atoms with E-state index in [1.54, 1.807) is 18.3 Å². The Morgan fingerprint density at radius 1 is 1.33 bits per heavy atom. The van der Waals surface area contributed by atoms with Crippen LogP contribution in [0.15, 0.2) is 30.5 Å². The van der Waals surface area contributed by atoms with Crippen LogP contribution in [0, 0.1) is 5.82 Å². The van der Waals surface area contributed by atoms with Crippen molar-refractivity contribution in [1.29, 1.82) is 0 Å². The summed E-state index contributed by atoms with van der Waals surface area (Å²) in [5, 5.41) is 6.33. The number of benzene rings is 1. The standard InChI is InChI=1S/C14H14ClFN4O/c15-11-7-9(1-2-12(11)16)19-14-17-5-3-13(20-14)18-10-4-6-21-8-10/h1-3,5,7,10H,4,6,8H2,(H2,17,18,19,20). The first-order valence-corrected chi connectivity index (χ1v) is 6.98. The molecule has 1 aromatic carbocycles. The fraction of sp³-hybridized carbons (Fsp3) is 0.286. The number of hydrogen-bond acceptors (Lipinski definition) is 5. The van der Waals surface area contributed by atoms with Gasteiger partial charge in [0, 0.05) is 18.5 Å². The second-order valence-corrected chi connectivity index (χ2v) is 5.13. The number of rotatable bonds is 4. The van der Waals surface area contributed by atoms with Crippen LogP contribution in [-0.4, -0.2) is 29.2 Å². The van der Waals surface area contributed by atoms with Crippen molar-refractivity contribution in [2.24, 2.45) is 0 Å². The molecule has 1 saturated heterocycles. The Morgan fingerprint density at radius 3 is 3.00 bits per heavy atom. The van der Waals surface area contributed by atoms with Gasteiger partial charge in [-0.3, -0.25) is 0 Å². The Hall–Kier alpha value is -1.92. The number of nitrogens with one attached hydrogen (secondary N) is 2. The Labute approximate surface area is 126 Å². The molecular weight excluding hydrogens is 295 g/mol. The second kappa shape index (κ2) is 6.24. The van der Waals surface area contributed by atoms with Gasteiger partial charge in [-0.25, -0.2) is 9.37 Å². The molecule has 2 heterocycles. The molecule has 2 N–H and O–H groups in total. The number of aromatic nitrogens is 2. The molecule has 1 atom stereocenters. The van der Waals surface area contributed by atoms with Gasteiger partial charge in [0.05, 0.1) is 17.7 Å². The summed E-state index contributed by atoms with van der Waals surface area (Å²) in [6, 6.07) is 6.43. The van der Waals surface area contributed by atoms with E-state index < -0.39 is 5.82 Å².